The quantitative estimate of drug-likeness (QED) is 0.830. The molecule has 0 heterocycles. The summed E-state index contributed by atoms with van der Waals surface area (Å²) in [4.78, 5) is 0. The van der Waals surface area contributed by atoms with E-state index in [2.05, 4.69) is 0 Å². The Kier molecular flexibility index (Phi) is 4.24. The van der Waals surface area contributed by atoms with E-state index in [0.29, 0.717) is 12.0 Å². The molecule has 0 fully saturated rings. The van der Waals surface area contributed by atoms with Gasteiger partial charge in [0.25, 0.3) is 0 Å². The Hall–Kier alpha value is -0.930. The van der Waals surface area contributed by atoms with Crippen molar-refractivity contribution in [2.75, 3.05) is 7.11 Å². The molecule has 15 heavy (non-hydrogen) atoms. The average Bonchev–Trinajstić information content (AvgIpc) is 2.21. The maximum absolute atomic E-state index is 13.3. The fourth-order valence-corrected chi connectivity index (χ4v) is 1.43. The van der Waals surface area contributed by atoms with Crippen molar-refractivity contribution in [3.8, 4) is 0 Å². The van der Waals surface area contributed by atoms with Gasteiger partial charge in [0.05, 0.1) is 6.10 Å². The van der Waals surface area contributed by atoms with Crippen LogP contribution in [0.15, 0.2) is 18.2 Å². The molecule has 2 unspecified atom stereocenters. The summed E-state index contributed by atoms with van der Waals surface area (Å²) < 4.78 is 18.4. The Morgan fingerprint density at radius 1 is 1.47 bits per heavy atom. The molecule has 3 heteroatoms. The van der Waals surface area contributed by atoms with Gasteiger partial charge in [-0.2, -0.15) is 0 Å². The smallest absolute Gasteiger partial charge is 0.126 e. The number of hydrogen-bond donors (Lipinski definition) is 1. The highest BCUT2D eigenvalue weighted by Gasteiger charge is 2.11. The minimum atomic E-state index is -0.201. The maximum atomic E-state index is 13.3. The molecule has 2 atom stereocenters. The molecule has 0 amide bonds. The van der Waals surface area contributed by atoms with Gasteiger partial charge in [-0.1, -0.05) is 12.1 Å². The van der Waals surface area contributed by atoms with E-state index in [-0.39, 0.29) is 18.0 Å². The number of methoxy groups -OCH3 is 1. The predicted octanol–water partition coefficient (Wildman–Crippen LogP) is 2.56. The van der Waals surface area contributed by atoms with E-state index in [4.69, 9.17) is 10.5 Å². The first-order valence-corrected chi connectivity index (χ1v) is 5.09. The van der Waals surface area contributed by atoms with Crippen LogP contribution in [0.1, 0.15) is 30.5 Å². The van der Waals surface area contributed by atoms with Crippen molar-refractivity contribution in [1.82, 2.24) is 0 Å². The molecule has 1 aromatic carbocycles. The van der Waals surface area contributed by atoms with E-state index in [9.17, 15) is 4.39 Å². The van der Waals surface area contributed by atoms with Crippen LogP contribution in [0.4, 0.5) is 4.39 Å². The lowest BCUT2D eigenvalue weighted by Gasteiger charge is -2.16. The van der Waals surface area contributed by atoms with Crippen molar-refractivity contribution in [2.45, 2.75) is 32.4 Å². The molecule has 0 saturated heterocycles. The van der Waals surface area contributed by atoms with E-state index in [1.54, 1.807) is 20.1 Å². The molecule has 0 spiro atoms. The van der Waals surface area contributed by atoms with Gasteiger partial charge < -0.3 is 10.5 Å². The summed E-state index contributed by atoms with van der Waals surface area (Å²) in [5.41, 5.74) is 7.41. The molecule has 0 saturated carbocycles. The van der Waals surface area contributed by atoms with Gasteiger partial charge in [0, 0.05) is 13.2 Å². The lowest BCUT2D eigenvalue weighted by atomic mass is 10.0. The summed E-state index contributed by atoms with van der Waals surface area (Å²) in [6, 6.07) is 4.95. The van der Waals surface area contributed by atoms with E-state index in [1.807, 2.05) is 13.0 Å². The number of hydrogen-bond acceptors (Lipinski definition) is 2. The molecule has 0 aromatic heterocycles. The van der Waals surface area contributed by atoms with Crippen molar-refractivity contribution in [1.29, 1.82) is 0 Å². The van der Waals surface area contributed by atoms with Gasteiger partial charge >= 0.3 is 0 Å². The number of ether oxygens (including phenoxy) is 1. The third-order valence-corrected chi connectivity index (χ3v) is 2.61. The zero-order chi connectivity index (χ0) is 11.4. The molecule has 0 aliphatic rings. The van der Waals surface area contributed by atoms with Crippen LogP contribution < -0.4 is 5.73 Å². The van der Waals surface area contributed by atoms with E-state index < -0.39 is 0 Å². The van der Waals surface area contributed by atoms with Crippen molar-refractivity contribution in [3.05, 3.63) is 35.1 Å². The fraction of sp³-hybridized carbons (Fsp3) is 0.500. The highest BCUT2D eigenvalue weighted by molar-refractivity contribution is 5.25. The second kappa shape index (κ2) is 5.24. The van der Waals surface area contributed by atoms with Crippen molar-refractivity contribution in [3.63, 3.8) is 0 Å². The van der Waals surface area contributed by atoms with Crippen LogP contribution in [0.5, 0.6) is 0 Å². The lowest BCUT2D eigenvalue weighted by Crippen LogP contribution is -2.18. The SMILES string of the molecule is COC(C)CC(N)c1ccc(C)c(F)c1. The molecule has 0 aliphatic heterocycles. The Balaban J connectivity index is 2.73. The van der Waals surface area contributed by atoms with Crippen LogP contribution in [0, 0.1) is 12.7 Å². The number of rotatable bonds is 4. The van der Waals surface area contributed by atoms with Gasteiger partial charge in [0.15, 0.2) is 0 Å². The fourth-order valence-electron chi connectivity index (χ4n) is 1.43. The zero-order valence-electron chi connectivity index (χ0n) is 9.46. The maximum Gasteiger partial charge on any atom is 0.126 e. The summed E-state index contributed by atoms with van der Waals surface area (Å²) in [5.74, 6) is -0.201. The first-order valence-electron chi connectivity index (χ1n) is 5.09. The number of halogens is 1. The van der Waals surface area contributed by atoms with Crippen LogP contribution in [0.2, 0.25) is 0 Å². The second-order valence-electron chi connectivity index (χ2n) is 3.90. The van der Waals surface area contributed by atoms with Crippen LogP contribution in [0.25, 0.3) is 0 Å². The Labute approximate surface area is 90.2 Å². The lowest BCUT2D eigenvalue weighted by molar-refractivity contribution is 0.104. The molecule has 0 radical (unpaired) electrons. The first-order chi connectivity index (χ1) is 7.04. The van der Waals surface area contributed by atoms with Gasteiger partial charge in [0.2, 0.25) is 0 Å². The minimum absolute atomic E-state index is 0.0874. The van der Waals surface area contributed by atoms with Gasteiger partial charge in [-0.3, -0.25) is 0 Å². The average molecular weight is 211 g/mol. The molecule has 2 N–H and O–H groups in total. The number of aryl methyl sites for hydroxylation is 1. The number of benzene rings is 1. The predicted molar refractivity (Wildman–Crippen MR) is 59.2 cm³/mol. The Morgan fingerprint density at radius 3 is 2.67 bits per heavy atom. The monoisotopic (exact) mass is 211 g/mol. The van der Waals surface area contributed by atoms with Crippen molar-refractivity contribution >= 4 is 0 Å². The molecule has 2 nitrogen and oxygen atoms in total. The summed E-state index contributed by atoms with van der Waals surface area (Å²) in [5, 5.41) is 0. The molecule has 0 bridgehead atoms. The Morgan fingerprint density at radius 2 is 2.13 bits per heavy atom. The van der Waals surface area contributed by atoms with E-state index in [0.717, 1.165) is 5.56 Å². The summed E-state index contributed by atoms with van der Waals surface area (Å²) in [7, 11) is 1.65. The third-order valence-electron chi connectivity index (χ3n) is 2.61. The molecule has 0 aliphatic carbocycles. The highest BCUT2D eigenvalue weighted by atomic mass is 19.1. The molecule has 1 aromatic rings. The minimum Gasteiger partial charge on any atom is -0.382 e. The number of nitrogens with two attached hydrogens (primary N) is 1. The van der Waals surface area contributed by atoms with Gasteiger partial charge in [-0.25, -0.2) is 4.39 Å². The van der Waals surface area contributed by atoms with Gasteiger partial charge in [0.1, 0.15) is 5.82 Å². The van der Waals surface area contributed by atoms with Crippen LogP contribution in [-0.2, 0) is 4.74 Å². The molecular weight excluding hydrogens is 193 g/mol. The largest absolute Gasteiger partial charge is 0.382 e. The summed E-state index contributed by atoms with van der Waals surface area (Å²) in [6.07, 6.45) is 0.781. The third kappa shape index (κ3) is 3.29. The summed E-state index contributed by atoms with van der Waals surface area (Å²) >= 11 is 0. The molecular formula is C12H18FNO. The first kappa shape index (κ1) is 12.1. The Bertz CT molecular complexity index is 327. The topological polar surface area (TPSA) is 35.2 Å². The van der Waals surface area contributed by atoms with Crippen molar-refractivity contribution in [2.24, 2.45) is 5.73 Å². The van der Waals surface area contributed by atoms with Gasteiger partial charge in [-0.05, 0) is 37.5 Å². The zero-order valence-corrected chi connectivity index (χ0v) is 9.46. The van der Waals surface area contributed by atoms with Gasteiger partial charge in [-0.15, -0.1) is 0 Å². The summed E-state index contributed by atoms with van der Waals surface area (Å²) in [6.45, 7) is 3.69. The molecule has 84 valence electrons. The van der Waals surface area contributed by atoms with Crippen LogP contribution in [-0.4, -0.2) is 13.2 Å². The van der Waals surface area contributed by atoms with Crippen LogP contribution >= 0.6 is 0 Å². The standard InChI is InChI=1S/C12H18FNO/c1-8-4-5-10(7-11(8)13)12(14)6-9(2)15-3/h4-5,7,9,12H,6,14H2,1-3H3. The van der Waals surface area contributed by atoms with Crippen LogP contribution in [0.3, 0.4) is 0 Å². The second-order valence-corrected chi connectivity index (χ2v) is 3.90. The van der Waals surface area contributed by atoms with Crippen molar-refractivity contribution < 1.29 is 9.13 Å². The normalized spacial score (nSPS) is 15.0. The highest BCUT2D eigenvalue weighted by Crippen LogP contribution is 2.19. The van der Waals surface area contributed by atoms with E-state index >= 15 is 0 Å². The molecule has 1 rings (SSSR count). The van der Waals surface area contributed by atoms with E-state index in [1.165, 1.54) is 6.07 Å².